The lowest BCUT2D eigenvalue weighted by Crippen LogP contribution is -2.20. The first-order valence-corrected chi connectivity index (χ1v) is 7.88. The van der Waals surface area contributed by atoms with E-state index < -0.39 is 7.92 Å². The number of phenolic OH excluding ortho intramolecular Hbond substituents is 1. The lowest BCUT2D eigenvalue weighted by molar-refractivity contribution is 0.480. The zero-order chi connectivity index (χ0) is 13.8. The molecule has 3 heteroatoms. The predicted molar refractivity (Wildman–Crippen MR) is 97.1 cm³/mol. The molecule has 0 atom stereocenters. The van der Waals surface area contributed by atoms with Crippen molar-refractivity contribution in [3.8, 4) is 5.75 Å². The van der Waals surface area contributed by atoms with Crippen LogP contribution in [0, 0.1) is 0 Å². The largest absolute Gasteiger partial charge is 0.507 e. The molecule has 0 aliphatic rings. The molecule has 0 radical (unpaired) electrons. The van der Waals surface area contributed by atoms with E-state index in [2.05, 4.69) is 24.3 Å². The highest BCUT2D eigenvalue weighted by Gasteiger charge is 2.18. The van der Waals surface area contributed by atoms with Crippen molar-refractivity contribution in [1.82, 2.24) is 0 Å². The molecule has 0 aliphatic heterocycles. The molecule has 0 unspecified atom stereocenters. The van der Waals surface area contributed by atoms with Crippen LogP contribution in [0.3, 0.4) is 0 Å². The summed E-state index contributed by atoms with van der Waals surface area (Å²) in [5.41, 5.74) is 0. The third kappa shape index (κ3) is 3.53. The van der Waals surface area contributed by atoms with Gasteiger partial charge in [0.2, 0.25) is 0 Å². The quantitative estimate of drug-likeness (QED) is 0.707. The van der Waals surface area contributed by atoms with Gasteiger partial charge in [-0.25, -0.2) is 0 Å². The van der Waals surface area contributed by atoms with E-state index in [0.717, 1.165) is 5.30 Å². The number of aromatic hydroxyl groups is 1. The van der Waals surface area contributed by atoms with Gasteiger partial charge in [0.05, 0.1) is 0 Å². The summed E-state index contributed by atoms with van der Waals surface area (Å²) in [6.45, 7) is 0. The number of benzene rings is 3. The van der Waals surface area contributed by atoms with Crippen LogP contribution in [0.1, 0.15) is 0 Å². The van der Waals surface area contributed by atoms with Crippen LogP contribution in [0.25, 0.3) is 0 Å². The molecular formula is C18H16BrOP. The Morgan fingerprint density at radius 2 is 1.00 bits per heavy atom. The third-order valence-corrected chi connectivity index (χ3v) is 5.64. The highest BCUT2D eigenvalue weighted by Crippen LogP contribution is 2.35. The highest BCUT2D eigenvalue weighted by molar-refractivity contribution is 8.93. The molecular weight excluding hydrogens is 343 g/mol. The van der Waals surface area contributed by atoms with Crippen molar-refractivity contribution in [2.24, 2.45) is 0 Å². The fraction of sp³-hybridized carbons (Fsp3) is 0. The number of hydrogen-bond donors (Lipinski definition) is 1. The van der Waals surface area contributed by atoms with Crippen molar-refractivity contribution in [1.29, 1.82) is 0 Å². The summed E-state index contributed by atoms with van der Waals surface area (Å²) in [6, 6.07) is 28.4. The lowest BCUT2D eigenvalue weighted by Gasteiger charge is -2.20. The van der Waals surface area contributed by atoms with Crippen molar-refractivity contribution in [3.05, 3.63) is 84.9 Å². The molecule has 0 bridgehead atoms. The average Bonchev–Trinajstić information content (AvgIpc) is 2.52. The van der Waals surface area contributed by atoms with Gasteiger partial charge in [-0.1, -0.05) is 78.9 Å². The van der Waals surface area contributed by atoms with Crippen molar-refractivity contribution in [3.63, 3.8) is 0 Å². The summed E-state index contributed by atoms with van der Waals surface area (Å²) < 4.78 is 0. The Hall–Kier alpha value is -1.63. The van der Waals surface area contributed by atoms with E-state index in [-0.39, 0.29) is 17.0 Å². The van der Waals surface area contributed by atoms with Gasteiger partial charge < -0.3 is 5.11 Å². The van der Waals surface area contributed by atoms with Gasteiger partial charge in [0, 0.05) is 5.30 Å². The van der Waals surface area contributed by atoms with E-state index >= 15 is 0 Å². The van der Waals surface area contributed by atoms with Crippen molar-refractivity contribution in [2.45, 2.75) is 0 Å². The van der Waals surface area contributed by atoms with Gasteiger partial charge in [-0.15, -0.1) is 17.0 Å². The van der Waals surface area contributed by atoms with Gasteiger partial charge in [0.1, 0.15) is 5.75 Å². The molecule has 0 fully saturated rings. The fourth-order valence-electron chi connectivity index (χ4n) is 2.23. The summed E-state index contributed by atoms with van der Waals surface area (Å²) in [5, 5.41) is 13.7. The minimum absolute atomic E-state index is 0. The van der Waals surface area contributed by atoms with Crippen molar-refractivity contribution < 1.29 is 5.11 Å². The second-order valence-electron chi connectivity index (χ2n) is 4.50. The van der Waals surface area contributed by atoms with E-state index in [1.54, 1.807) is 6.07 Å². The summed E-state index contributed by atoms with van der Waals surface area (Å²) in [7, 11) is -0.717. The molecule has 21 heavy (non-hydrogen) atoms. The molecule has 0 saturated carbocycles. The highest BCUT2D eigenvalue weighted by atomic mass is 79.9. The van der Waals surface area contributed by atoms with Crippen LogP contribution >= 0.6 is 24.9 Å². The summed E-state index contributed by atoms with van der Waals surface area (Å²) in [6.07, 6.45) is 0. The summed E-state index contributed by atoms with van der Waals surface area (Å²) >= 11 is 0. The molecule has 3 aromatic rings. The molecule has 0 aromatic heterocycles. The predicted octanol–water partition coefficient (Wildman–Crippen LogP) is 3.73. The van der Waals surface area contributed by atoms with Gasteiger partial charge in [-0.2, -0.15) is 0 Å². The molecule has 3 rings (SSSR count). The van der Waals surface area contributed by atoms with E-state index in [0.29, 0.717) is 5.75 Å². The van der Waals surface area contributed by atoms with E-state index in [9.17, 15) is 5.11 Å². The molecule has 1 N–H and O–H groups in total. The molecule has 106 valence electrons. The third-order valence-electron chi connectivity index (χ3n) is 3.15. The van der Waals surface area contributed by atoms with Gasteiger partial charge in [-0.3, -0.25) is 0 Å². The normalized spacial score (nSPS) is 10.1. The van der Waals surface area contributed by atoms with Crippen molar-refractivity contribution in [2.75, 3.05) is 0 Å². The van der Waals surface area contributed by atoms with Crippen LogP contribution in [-0.4, -0.2) is 5.11 Å². The van der Waals surface area contributed by atoms with Crippen LogP contribution in [0.5, 0.6) is 5.75 Å². The zero-order valence-corrected chi connectivity index (χ0v) is 14.0. The minimum Gasteiger partial charge on any atom is -0.507 e. The van der Waals surface area contributed by atoms with Crippen molar-refractivity contribution >= 4 is 40.8 Å². The van der Waals surface area contributed by atoms with Crippen LogP contribution in [0.4, 0.5) is 0 Å². The monoisotopic (exact) mass is 358 g/mol. The number of halogens is 1. The second-order valence-corrected chi connectivity index (χ2v) is 6.68. The Bertz CT molecular complexity index is 646. The smallest absolute Gasteiger partial charge is 0.123 e. The first-order chi connectivity index (χ1) is 9.86. The van der Waals surface area contributed by atoms with Crippen LogP contribution in [-0.2, 0) is 0 Å². The first-order valence-electron chi connectivity index (χ1n) is 6.54. The number of rotatable bonds is 3. The van der Waals surface area contributed by atoms with Gasteiger partial charge >= 0.3 is 0 Å². The maximum atomic E-state index is 10.2. The number of para-hydroxylation sites is 1. The molecule has 0 amide bonds. The van der Waals surface area contributed by atoms with E-state index in [4.69, 9.17) is 0 Å². The van der Waals surface area contributed by atoms with Gasteiger partial charge in [0.15, 0.2) is 0 Å². The maximum absolute atomic E-state index is 10.2. The number of phenols is 1. The van der Waals surface area contributed by atoms with Crippen LogP contribution < -0.4 is 15.9 Å². The Labute approximate surface area is 136 Å². The average molecular weight is 359 g/mol. The first kappa shape index (κ1) is 15.8. The molecule has 0 saturated heterocycles. The minimum atomic E-state index is -0.717. The SMILES string of the molecule is Br.Oc1ccccc1P(c1ccccc1)c1ccccc1. The summed E-state index contributed by atoms with van der Waals surface area (Å²) in [4.78, 5) is 0. The Morgan fingerprint density at radius 1 is 0.571 bits per heavy atom. The topological polar surface area (TPSA) is 20.2 Å². The second kappa shape index (κ2) is 7.40. The molecule has 3 aromatic carbocycles. The van der Waals surface area contributed by atoms with Gasteiger partial charge in [-0.05, 0) is 24.6 Å². The summed E-state index contributed by atoms with van der Waals surface area (Å²) in [5.74, 6) is 0.367. The number of hydrogen-bond acceptors (Lipinski definition) is 1. The van der Waals surface area contributed by atoms with Gasteiger partial charge in [0.25, 0.3) is 0 Å². The van der Waals surface area contributed by atoms with Crippen LogP contribution in [0.15, 0.2) is 84.9 Å². The zero-order valence-electron chi connectivity index (χ0n) is 11.4. The van der Waals surface area contributed by atoms with E-state index in [1.165, 1.54) is 10.6 Å². The molecule has 0 aliphatic carbocycles. The molecule has 1 nitrogen and oxygen atoms in total. The fourth-order valence-corrected chi connectivity index (χ4v) is 4.57. The van der Waals surface area contributed by atoms with E-state index in [1.807, 2.05) is 54.6 Å². The van der Waals surface area contributed by atoms with Crippen LogP contribution in [0.2, 0.25) is 0 Å². The Morgan fingerprint density at radius 3 is 1.48 bits per heavy atom. The maximum Gasteiger partial charge on any atom is 0.123 e. The standard InChI is InChI=1S/C18H15OP.BrH/c19-17-13-7-8-14-18(17)20(15-9-3-1-4-10-15)16-11-5-2-6-12-16;/h1-14,19H;1H. The Balaban J connectivity index is 0.00000161. The molecule has 0 spiro atoms. The lowest BCUT2D eigenvalue weighted by atomic mass is 10.3. The molecule has 0 heterocycles. The Kier molecular flexibility index (Phi) is 5.55.